The summed E-state index contributed by atoms with van der Waals surface area (Å²) in [6.45, 7) is 5.02. The third-order valence-corrected chi connectivity index (χ3v) is 5.87. The number of benzene rings is 1. The highest BCUT2D eigenvalue weighted by molar-refractivity contribution is 6.35. The second-order valence-corrected chi connectivity index (χ2v) is 8.08. The van der Waals surface area contributed by atoms with Crippen LogP contribution in [0.15, 0.2) is 30.5 Å². The van der Waals surface area contributed by atoms with Crippen molar-refractivity contribution in [3.8, 4) is 0 Å². The molecule has 0 spiro atoms. The molecule has 138 valence electrons. The zero-order valence-corrected chi connectivity index (χ0v) is 16.0. The Kier molecular flexibility index (Phi) is 4.76. The molecule has 0 saturated carbocycles. The predicted molar refractivity (Wildman–Crippen MR) is 106 cm³/mol. The second-order valence-electron chi connectivity index (χ2n) is 7.68. The zero-order chi connectivity index (χ0) is 18.3. The molecule has 5 nitrogen and oxygen atoms in total. The third-order valence-electron chi connectivity index (χ3n) is 5.56. The number of halogens is 1. The number of nitrogens with zero attached hydrogens (tertiary/aromatic N) is 3. The van der Waals surface area contributed by atoms with Gasteiger partial charge in [0.15, 0.2) is 0 Å². The van der Waals surface area contributed by atoms with Crippen molar-refractivity contribution in [2.45, 2.75) is 31.8 Å². The largest absolute Gasteiger partial charge is 0.369 e. The van der Waals surface area contributed by atoms with E-state index in [2.05, 4.69) is 34.3 Å². The number of fused-ring (bicyclic) bond motifs is 1. The highest BCUT2D eigenvalue weighted by Crippen LogP contribution is 2.33. The lowest BCUT2D eigenvalue weighted by Crippen LogP contribution is -2.53. The molecule has 0 bridgehead atoms. The summed E-state index contributed by atoms with van der Waals surface area (Å²) in [5, 5.41) is 5.38. The van der Waals surface area contributed by atoms with E-state index >= 15 is 0 Å². The Morgan fingerprint density at radius 3 is 2.88 bits per heavy atom. The molecule has 1 N–H and O–H groups in total. The van der Waals surface area contributed by atoms with E-state index < -0.39 is 0 Å². The average molecular weight is 373 g/mol. The van der Waals surface area contributed by atoms with Gasteiger partial charge in [0.1, 0.15) is 0 Å². The van der Waals surface area contributed by atoms with Crippen LogP contribution >= 0.6 is 11.6 Å². The van der Waals surface area contributed by atoms with Crippen LogP contribution in [0, 0.1) is 5.92 Å². The van der Waals surface area contributed by atoms with Crippen LogP contribution < -0.4 is 10.2 Å². The van der Waals surface area contributed by atoms with Gasteiger partial charge < -0.3 is 15.1 Å². The number of likely N-dealkylation sites (N-methyl/N-ethyl adjacent to an activating group) is 1. The quantitative estimate of drug-likeness (QED) is 0.900. The first kappa shape index (κ1) is 17.6. The maximum absolute atomic E-state index is 12.3. The van der Waals surface area contributed by atoms with Crippen molar-refractivity contribution in [1.82, 2.24) is 15.2 Å². The summed E-state index contributed by atoms with van der Waals surface area (Å²) in [6.07, 6.45) is 3.77. The molecule has 3 atom stereocenters. The number of piperidine rings is 1. The molecule has 1 aromatic carbocycles. The van der Waals surface area contributed by atoms with E-state index in [1.807, 2.05) is 24.1 Å². The molecule has 2 aromatic rings. The van der Waals surface area contributed by atoms with Crippen LogP contribution in [0.2, 0.25) is 5.02 Å². The number of likely N-dealkylation sites (tertiary alicyclic amines) is 1. The minimum atomic E-state index is -0.0409. The fraction of sp³-hybridized carbons (Fsp3) is 0.500. The van der Waals surface area contributed by atoms with Crippen molar-refractivity contribution in [2.24, 2.45) is 5.92 Å². The number of rotatable bonds is 3. The minimum absolute atomic E-state index is 0.0409. The van der Waals surface area contributed by atoms with Crippen LogP contribution in [0.5, 0.6) is 0 Å². The molecule has 6 heteroatoms. The molecule has 1 amide bonds. The highest BCUT2D eigenvalue weighted by atomic mass is 35.5. The molecule has 2 saturated heterocycles. The molecule has 3 heterocycles. The summed E-state index contributed by atoms with van der Waals surface area (Å²) in [5.41, 5.74) is 2.02. The molecule has 2 fully saturated rings. The molecule has 1 aromatic heterocycles. The van der Waals surface area contributed by atoms with Crippen molar-refractivity contribution in [3.05, 3.63) is 35.5 Å². The van der Waals surface area contributed by atoms with E-state index in [4.69, 9.17) is 11.6 Å². The Balaban J connectivity index is 1.58. The Morgan fingerprint density at radius 1 is 1.27 bits per heavy atom. The van der Waals surface area contributed by atoms with E-state index in [9.17, 15) is 4.79 Å². The van der Waals surface area contributed by atoms with Gasteiger partial charge in [0, 0.05) is 50.0 Å². The first-order valence-electron chi connectivity index (χ1n) is 9.32. The summed E-state index contributed by atoms with van der Waals surface area (Å²) in [7, 11) is 1.88. The number of nitrogens with one attached hydrogen (secondary N) is 1. The normalized spacial score (nSPS) is 26.7. The standard InChI is InChI=1S/C20H25ClN4O/c1-13-10-14(23-17-7-9-24(2)20(17)26)12-25(11-13)18-6-5-16(21)19-15(18)4-3-8-22-19/h3-6,8,13-14,17,23H,7,9-12H2,1-2H3/t13-,14+,17+/m0/s1. The molecular formula is C20H25ClN4O. The fourth-order valence-electron chi connectivity index (χ4n) is 4.33. The maximum Gasteiger partial charge on any atom is 0.239 e. The molecule has 0 aliphatic carbocycles. The van der Waals surface area contributed by atoms with Gasteiger partial charge in [-0.05, 0) is 43.0 Å². The number of anilines is 1. The summed E-state index contributed by atoms with van der Waals surface area (Å²) in [6, 6.07) is 8.33. The lowest BCUT2D eigenvalue weighted by atomic mass is 9.94. The predicted octanol–water partition coefficient (Wildman–Crippen LogP) is 2.92. The second kappa shape index (κ2) is 7.05. The maximum atomic E-state index is 12.3. The van der Waals surface area contributed by atoms with Crippen molar-refractivity contribution in [3.63, 3.8) is 0 Å². The zero-order valence-electron chi connectivity index (χ0n) is 15.3. The number of hydrogen-bond acceptors (Lipinski definition) is 4. The van der Waals surface area contributed by atoms with Gasteiger partial charge in [-0.25, -0.2) is 0 Å². The number of carbonyl (C=O) groups is 1. The Hall–Kier alpha value is -1.85. The number of aromatic nitrogens is 1. The van der Waals surface area contributed by atoms with Crippen LogP contribution in [0.4, 0.5) is 5.69 Å². The van der Waals surface area contributed by atoms with E-state index in [0.717, 1.165) is 43.4 Å². The average Bonchev–Trinajstić information content (AvgIpc) is 2.94. The number of hydrogen-bond donors (Lipinski definition) is 1. The summed E-state index contributed by atoms with van der Waals surface area (Å²) in [5.74, 6) is 0.772. The Morgan fingerprint density at radius 2 is 2.12 bits per heavy atom. The smallest absolute Gasteiger partial charge is 0.239 e. The topological polar surface area (TPSA) is 48.5 Å². The van der Waals surface area contributed by atoms with Gasteiger partial charge in [-0.15, -0.1) is 0 Å². The summed E-state index contributed by atoms with van der Waals surface area (Å²) in [4.78, 5) is 20.9. The number of amides is 1. The van der Waals surface area contributed by atoms with E-state index in [-0.39, 0.29) is 11.9 Å². The van der Waals surface area contributed by atoms with Gasteiger partial charge in [0.25, 0.3) is 0 Å². The van der Waals surface area contributed by atoms with E-state index in [1.165, 1.54) is 5.69 Å². The molecule has 2 aliphatic heterocycles. The third kappa shape index (κ3) is 3.26. The van der Waals surface area contributed by atoms with Gasteiger partial charge in [0.05, 0.1) is 16.6 Å². The summed E-state index contributed by atoms with van der Waals surface area (Å²) < 4.78 is 0. The van der Waals surface area contributed by atoms with Crippen LogP contribution in [0.25, 0.3) is 10.9 Å². The van der Waals surface area contributed by atoms with Gasteiger partial charge in [0.2, 0.25) is 5.91 Å². The van der Waals surface area contributed by atoms with Crippen molar-refractivity contribution in [1.29, 1.82) is 0 Å². The monoisotopic (exact) mass is 372 g/mol. The van der Waals surface area contributed by atoms with Crippen LogP contribution in [-0.4, -0.2) is 54.6 Å². The number of carbonyl (C=O) groups excluding carboxylic acids is 1. The molecular weight excluding hydrogens is 348 g/mol. The SMILES string of the molecule is C[C@H]1C[C@@H](N[C@@H]2CCN(C)C2=O)CN(c2ccc(Cl)c3ncccc23)C1. The minimum Gasteiger partial charge on any atom is -0.369 e. The fourth-order valence-corrected chi connectivity index (χ4v) is 4.54. The van der Waals surface area contributed by atoms with E-state index in [0.29, 0.717) is 17.0 Å². The van der Waals surface area contributed by atoms with Crippen LogP contribution in [0.3, 0.4) is 0 Å². The van der Waals surface area contributed by atoms with Gasteiger partial charge in [-0.3, -0.25) is 9.78 Å². The van der Waals surface area contributed by atoms with Gasteiger partial charge in [-0.1, -0.05) is 18.5 Å². The van der Waals surface area contributed by atoms with Crippen molar-refractivity contribution >= 4 is 34.1 Å². The van der Waals surface area contributed by atoms with Gasteiger partial charge in [-0.2, -0.15) is 0 Å². The van der Waals surface area contributed by atoms with Crippen LogP contribution in [0.1, 0.15) is 19.8 Å². The molecule has 26 heavy (non-hydrogen) atoms. The van der Waals surface area contributed by atoms with Crippen molar-refractivity contribution < 1.29 is 4.79 Å². The lowest BCUT2D eigenvalue weighted by molar-refractivity contribution is -0.128. The first-order chi connectivity index (χ1) is 12.5. The highest BCUT2D eigenvalue weighted by Gasteiger charge is 2.33. The lowest BCUT2D eigenvalue weighted by Gasteiger charge is -2.39. The molecule has 4 rings (SSSR count). The molecule has 0 radical (unpaired) electrons. The Bertz CT molecular complexity index is 827. The van der Waals surface area contributed by atoms with Gasteiger partial charge >= 0.3 is 0 Å². The van der Waals surface area contributed by atoms with Crippen molar-refractivity contribution in [2.75, 3.05) is 31.6 Å². The molecule has 0 unspecified atom stereocenters. The Labute approximate surface area is 159 Å². The summed E-state index contributed by atoms with van der Waals surface area (Å²) >= 11 is 6.33. The van der Waals surface area contributed by atoms with E-state index in [1.54, 1.807) is 6.20 Å². The van der Waals surface area contributed by atoms with Crippen LogP contribution in [-0.2, 0) is 4.79 Å². The molecule has 2 aliphatic rings. The number of pyridine rings is 1. The first-order valence-corrected chi connectivity index (χ1v) is 9.70.